The number of aromatic nitrogens is 1. The van der Waals surface area contributed by atoms with E-state index < -0.39 is 4.92 Å². The number of pyridine rings is 1. The number of nitrogens with zero attached hydrogens (tertiary/aromatic N) is 2. The molecule has 0 atom stereocenters. The number of carbonyl (C=O) groups is 1. The average Bonchev–Trinajstić information content (AvgIpc) is 2.80. The van der Waals surface area contributed by atoms with Crippen LogP contribution in [0.2, 0.25) is 0 Å². The predicted molar refractivity (Wildman–Crippen MR) is 116 cm³/mol. The molecule has 3 rings (SSSR count). The van der Waals surface area contributed by atoms with E-state index in [2.05, 4.69) is 10.3 Å². The number of amides is 1. The first-order chi connectivity index (χ1) is 15.1. The smallest absolute Gasteiger partial charge is 0.276 e. The minimum Gasteiger partial charge on any atom is -0.490 e. The van der Waals surface area contributed by atoms with Crippen LogP contribution in [0.15, 0.2) is 79.0 Å². The lowest BCUT2D eigenvalue weighted by Crippen LogP contribution is -2.20. The molecule has 0 fully saturated rings. The molecule has 0 aliphatic rings. The van der Waals surface area contributed by atoms with Crippen molar-refractivity contribution in [3.05, 3.63) is 100 Å². The predicted octanol–water partition coefficient (Wildman–Crippen LogP) is 3.78. The van der Waals surface area contributed by atoms with Crippen molar-refractivity contribution in [1.29, 1.82) is 0 Å². The van der Waals surface area contributed by atoms with Gasteiger partial charge in [0.1, 0.15) is 19.0 Å². The molecule has 1 aromatic heterocycles. The van der Waals surface area contributed by atoms with Gasteiger partial charge in [-0.05, 0) is 29.8 Å². The van der Waals surface area contributed by atoms with Crippen molar-refractivity contribution in [3.8, 4) is 11.6 Å². The average molecular weight is 419 g/mol. The molecule has 8 heteroatoms. The van der Waals surface area contributed by atoms with Crippen molar-refractivity contribution >= 4 is 17.7 Å². The van der Waals surface area contributed by atoms with E-state index in [9.17, 15) is 14.9 Å². The van der Waals surface area contributed by atoms with Gasteiger partial charge in [0, 0.05) is 31.0 Å². The van der Waals surface area contributed by atoms with Gasteiger partial charge in [-0.1, -0.05) is 36.4 Å². The van der Waals surface area contributed by atoms with Crippen LogP contribution >= 0.6 is 0 Å². The topological polar surface area (TPSA) is 104 Å². The molecule has 0 bridgehead atoms. The van der Waals surface area contributed by atoms with Crippen molar-refractivity contribution in [2.75, 3.05) is 13.2 Å². The van der Waals surface area contributed by atoms with Gasteiger partial charge in [-0.15, -0.1) is 0 Å². The highest BCUT2D eigenvalue weighted by atomic mass is 16.6. The highest BCUT2D eigenvalue weighted by molar-refractivity contribution is 5.92. The maximum absolute atomic E-state index is 12.0. The Hall–Kier alpha value is -4.20. The fourth-order valence-electron chi connectivity index (χ4n) is 2.63. The molecule has 0 aliphatic carbocycles. The molecule has 158 valence electrons. The number of hydrogen-bond donors (Lipinski definition) is 1. The molecule has 1 N–H and O–H groups in total. The summed E-state index contributed by atoms with van der Waals surface area (Å²) in [6.07, 6.45) is 4.29. The quantitative estimate of drug-likeness (QED) is 0.232. The van der Waals surface area contributed by atoms with E-state index in [0.717, 1.165) is 11.3 Å². The van der Waals surface area contributed by atoms with Crippen molar-refractivity contribution < 1.29 is 19.2 Å². The third-order valence-corrected chi connectivity index (χ3v) is 4.16. The SMILES string of the molecule is O=C(/C=C/c1ccccc1[N+](=O)[O-])NCc1ccc(OCCOc2ccccc2)nc1. The Kier molecular flexibility index (Phi) is 7.70. The zero-order chi connectivity index (χ0) is 21.9. The summed E-state index contributed by atoms with van der Waals surface area (Å²) in [6.45, 7) is 1.02. The number of nitro groups is 1. The Morgan fingerprint density at radius 2 is 1.74 bits per heavy atom. The van der Waals surface area contributed by atoms with Crippen LogP contribution in [0.25, 0.3) is 6.08 Å². The lowest BCUT2D eigenvalue weighted by atomic mass is 10.1. The van der Waals surface area contributed by atoms with Crippen LogP contribution < -0.4 is 14.8 Å². The zero-order valence-electron chi connectivity index (χ0n) is 16.6. The number of nitro benzene ring substituents is 1. The fraction of sp³-hybridized carbons (Fsp3) is 0.130. The Balaban J connectivity index is 1.41. The second-order valence-electron chi connectivity index (χ2n) is 6.38. The van der Waals surface area contributed by atoms with Crippen LogP contribution in [0.1, 0.15) is 11.1 Å². The largest absolute Gasteiger partial charge is 0.490 e. The van der Waals surface area contributed by atoms with Gasteiger partial charge < -0.3 is 14.8 Å². The van der Waals surface area contributed by atoms with E-state index in [1.165, 1.54) is 18.2 Å². The van der Waals surface area contributed by atoms with Crippen molar-refractivity contribution in [2.45, 2.75) is 6.54 Å². The Labute approximate surface area is 179 Å². The van der Waals surface area contributed by atoms with E-state index in [0.29, 0.717) is 24.7 Å². The molecule has 3 aromatic rings. The van der Waals surface area contributed by atoms with E-state index >= 15 is 0 Å². The number of para-hydroxylation sites is 2. The lowest BCUT2D eigenvalue weighted by molar-refractivity contribution is -0.385. The summed E-state index contributed by atoms with van der Waals surface area (Å²) in [5.41, 5.74) is 1.10. The summed E-state index contributed by atoms with van der Waals surface area (Å²) in [5.74, 6) is 0.876. The zero-order valence-corrected chi connectivity index (χ0v) is 16.6. The third-order valence-electron chi connectivity index (χ3n) is 4.16. The van der Waals surface area contributed by atoms with E-state index in [4.69, 9.17) is 9.47 Å². The van der Waals surface area contributed by atoms with Gasteiger partial charge in [0.15, 0.2) is 0 Å². The summed E-state index contributed by atoms with van der Waals surface area (Å²) < 4.78 is 11.1. The molecule has 0 radical (unpaired) electrons. The summed E-state index contributed by atoms with van der Waals surface area (Å²) in [6, 6.07) is 19.2. The molecule has 0 aliphatic heterocycles. The number of benzene rings is 2. The molecular weight excluding hydrogens is 398 g/mol. The van der Waals surface area contributed by atoms with Gasteiger partial charge in [-0.2, -0.15) is 0 Å². The van der Waals surface area contributed by atoms with Crippen molar-refractivity contribution in [3.63, 3.8) is 0 Å². The van der Waals surface area contributed by atoms with Crippen LogP contribution in [-0.2, 0) is 11.3 Å². The molecule has 1 amide bonds. The summed E-state index contributed by atoms with van der Waals surface area (Å²) in [7, 11) is 0. The first-order valence-electron chi connectivity index (χ1n) is 9.57. The number of nitrogens with one attached hydrogen (secondary N) is 1. The van der Waals surface area contributed by atoms with Gasteiger partial charge in [0.05, 0.1) is 10.5 Å². The summed E-state index contributed by atoms with van der Waals surface area (Å²) in [4.78, 5) is 26.7. The van der Waals surface area contributed by atoms with Gasteiger partial charge >= 0.3 is 0 Å². The molecule has 31 heavy (non-hydrogen) atoms. The Morgan fingerprint density at radius 3 is 2.48 bits per heavy atom. The fourth-order valence-corrected chi connectivity index (χ4v) is 2.63. The van der Waals surface area contributed by atoms with E-state index in [1.807, 2.05) is 30.3 Å². The van der Waals surface area contributed by atoms with Gasteiger partial charge in [-0.25, -0.2) is 4.98 Å². The van der Waals surface area contributed by atoms with Crippen LogP contribution in [0.3, 0.4) is 0 Å². The molecule has 2 aromatic carbocycles. The minimum absolute atomic E-state index is 0.0551. The number of rotatable bonds is 10. The van der Waals surface area contributed by atoms with Gasteiger partial charge in [-0.3, -0.25) is 14.9 Å². The van der Waals surface area contributed by atoms with Crippen LogP contribution in [0.4, 0.5) is 5.69 Å². The Morgan fingerprint density at radius 1 is 1.00 bits per heavy atom. The first-order valence-corrected chi connectivity index (χ1v) is 9.57. The third kappa shape index (κ3) is 6.97. The van der Waals surface area contributed by atoms with Crippen LogP contribution in [0.5, 0.6) is 11.6 Å². The van der Waals surface area contributed by atoms with Crippen LogP contribution in [-0.4, -0.2) is 29.0 Å². The normalized spacial score (nSPS) is 10.6. The van der Waals surface area contributed by atoms with Gasteiger partial charge in [0.2, 0.25) is 11.8 Å². The molecule has 1 heterocycles. The molecule has 0 unspecified atom stereocenters. The molecular formula is C23H21N3O5. The van der Waals surface area contributed by atoms with Crippen molar-refractivity contribution in [2.24, 2.45) is 0 Å². The molecule has 0 saturated heterocycles. The molecule has 0 spiro atoms. The van der Waals surface area contributed by atoms with Crippen molar-refractivity contribution in [1.82, 2.24) is 10.3 Å². The van der Waals surface area contributed by atoms with E-state index in [-0.39, 0.29) is 18.1 Å². The lowest BCUT2D eigenvalue weighted by Gasteiger charge is -2.08. The monoisotopic (exact) mass is 419 g/mol. The summed E-state index contributed by atoms with van der Waals surface area (Å²) in [5, 5.41) is 13.7. The first kappa shape index (κ1) is 21.5. The number of hydrogen-bond acceptors (Lipinski definition) is 6. The highest BCUT2D eigenvalue weighted by Crippen LogP contribution is 2.18. The maximum Gasteiger partial charge on any atom is 0.276 e. The second-order valence-corrected chi connectivity index (χ2v) is 6.38. The maximum atomic E-state index is 12.0. The van der Waals surface area contributed by atoms with E-state index in [1.54, 1.807) is 36.5 Å². The minimum atomic E-state index is -0.485. The summed E-state index contributed by atoms with van der Waals surface area (Å²) >= 11 is 0. The Bertz CT molecular complexity index is 1040. The number of ether oxygens (including phenoxy) is 2. The highest BCUT2D eigenvalue weighted by Gasteiger charge is 2.09. The molecule has 0 saturated carbocycles. The van der Waals surface area contributed by atoms with Crippen LogP contribution in [0, 0.1) is 10.1 Å². The number of carbonyl (C=O) groups excluding carboxylic acids is 1. The molecule has 8 nitrogen and oxygen atoms in total. The standard InChI is InChI=1S/C23H21N3O5/c27-22(12-11-19-6-4-5-9-21(19)26(28)29)24-16-18-10-13-23(25-17-18)31-15-14-30-20-7-2-1-3-8-20/h1-13,17H,14-16H2,(H,24,27)/b12-11+. The second kappa shape index (κ2) is 11.1. The van der Waals surface area contributed by atoms with Gasteiger partial charge in [0.25, 0.3) is 5.69 Å².